The van der Waals surface area contributed by atoms with Gasteiger partial charge in [-0.25, -0.2) is 0 Å². The summed E-state index contributed by atoms with van der Waals surface area (Å²) >= 11 is 5.10. The molecule has 0 saturated heterocycles. The zero-order chi connectivity index (χ0) is 11.2. The van der Waals surface area contributed by atoms with Gasteiger partial charge in [-0.05, 0) is 24.4 Å². The number of nitrogens with one attached hydrogen (secondary N) is 4. The molecule has 92 valence electrons. The van der Waals surface area contributed by atoms with Crippen LogP contribution in [-0.2, 0) is 0 Å². The minimum atomic E-state index is 0. The van der Waals surface area contributed by atoms with Crippen LogP contribution in [0.1, 0.15) is 0 Å². The highest BCUT2D eigenvalue weighted by atomic mass is 127. The van der Waals surface area contributed by atoms with Crippen LogP contribution in [-0.4, -0.2) is 24.2 Å². The average Bonchev–Trinajstić information content (AvgIpc) is 2.81. The van der Waals surface area contributed by atoms with E-state index in [4.69, 9.17) is 12.2 Å². The highest BCUT2D eigenvalue weighted by Gasteiger charge is 2.03. The molecule has 4 N–H and O–H groups in total. The Bertz CT molecular complexity index is 395. The molecule has 0 spiro atoms. The summed E-state index contributed by atoms with van der Waals surface area (Å²) < 4.78 is 0. The van der Waals surface area contributed by atoms with Crippen molar-refractivity contribution in [1.29, 1.82) is 0 Å². The van der Waals surface area contributed by atoms with Crippen molar-refractivity contribution in [2.24, 2.45) is 4.99 Å². The predicted molar refractivity (Wildman–Crippen MR) is 84.7 cm³/mol. The first kappa shape index (κ1) is 14.0. The normalized spacial score (nSPS) is 12.8. The number of nitrogens with zero attached hydrogens (tertiary/aromatic N) is 1. The number of aliphatic imine (C=N–C) groups is 1. The van der Waals surface area contributed by atoms with Crippen molar-refractivity contribution < 1.29 is 0 Å². The molecular formula is C10H14IN5S. The molecule has 0 radical (unpaired) electrons. The number of thiocarbonyl (C=S) groups is 1. The zero-order valence-electron chi connectivity index (χ0n) is 9.06. The van der Waals surface area contributed by atoms with Gasteiger partial charge in [0.25, 0.3) is 0 Å². The summed E-state index contributed by atoms with van der Waals surface area (Å²) in [5.74, 6) is 0.720. The molecule has 0 amide bonds. The lowest BCUT2D eigenvalue weighted by Gasteiger charge is -2.12. The van der Waals surface area contributed by atoms with Crippen LogP contribution in [0.5, 0.6) is 0 Å². The van der Waals surface area contributed by atoms with Gasteiger partial charge in [0.1, 0.15) is 0 Å². The number of halogens is 1. The monoisotopic (exact) mass is 363 g/mol. The van der Waals surface area contributed by atoms with Crippen LogP contribution in [0.25, 0.3) is 0 Å². The second kappa shape index (κ2) is 7.28. The molecular weight excluding hydrogens is 349 g/mol. The van der Waals surface area contributed by atoms with Crippen LogP contribution in [0.3, 0.4) is 0 Å². The molecule has 0 aliphatic carbocycles. The molecule has 1 aromatic carbocycles. The van der Waals surface area contributed by atoms with Gasteiger partial charge in [-0.15, -0.1) is 24.0 Å². The molecule has 17 heavy (non-hydrogen) atoms. The lowest BCUT2D eigenvalue weighted by atomic mass is 10.3. The van der Waals surface area contributed by atoms with Crippen molar-refractivity contribution >= 4 is 53.0 Å². The van der Waals surface area contributed by atoms with Gasteiger partial charge >= 0.3 is 0 Å². The third-order valence-corrected chi connectivity index (χ3v) is 2.20. The minimum absolute atomic E-state index is 0. The Morgan fingerprint density at radius 2 is 2.06 bits per heavy atom. The summed E-state index contributed by atoms with van der Waals surface area (Å²) in [6.45, 7) is 1.66. The molecule has 0 atom stereocenters. The Morgan fingerprint density at radius 1 is 1.29 bits per heavy atom. The molecule has 0 bridgehead atoms. The van der Waals surface area contributed by atoms with Crippen LogP contribution in [0, 0.1) is 0 Å². The number of anilines is 1. The van der Waals surface area contributed by atoms with Crippen LogP contribution >= 0.6 is 36.2 Å². The first-order chi connectivity index (χ1) is 7.84. The summed E-state index contributed by atoms with van der Waals surface area (Å²) in [6.07, 6.45) is 0. The van der Waals surface area contributed by atoms with Gasteiger partial charge in [-0.3, -0.25) is 15.8 Å². The number of rotatable bonds is 1. The first-order valence-electron chi connectivity index (χ1n) is 5.01. The summed E-state index contributed by atoms with van der Waals surface area (Å²) in [5, 5.41) is 6.61. The van der Waals surface area contributed by atoms with Crippen molar-refractivity contribution in [3.8, 4) is 0 Å². The molecule has 2 rings (SSSR count). The molecule has 0 aromatic heterocycles. The van der Waals surface area contributed by atoms with Crippen molar-refractivity contribution in [2.45, 2.75) is 0 Å². The second-order valence-electron chi connectivity index (χ2n) is 3.23. The van der Waals surface area contributed by atoms with E-state index in [9.17, 15) is 0 Å². The molecule has 1 heterocycles. The maximum Gasteiger partial charge on any atom is 0.210 e. The van der Waals surface area contributed by atoms with Crippen molar-refractivity contribution in [1.82, 2.24) is 16.2 Å². The van der Waals surface area contributed by atoms with Crippen LogP contribution in [0.4, 0.5) is 5.69 Å². The SMILES string of the molecule is I.S=C(NNC1=NCCN1)Nc1ccccc1. The molecule has 0 fully saturated rings. The number of hydrazine groups is 1. The van der Waals surface area contributed by atoms with Gasteiger partial charge in [-0.1, -0.05) is 18.2 Å². The Hall–Kier alpha value is -1.09. The minimum Gasteiger partial charge on any atom is -0.353 e. The van der Waals surface area contributed by atoms with E-state index < -0.39 is 0 Å². The fraction of sp³-hybridized carbons (Fsp3) is 0.200. The number of para-hydroxylation sites is 1. The van der Waals surface area contributed by atoms with Gasteiger partial charge in [0.2, 0.25) is 5.96 Å². The Kier molecular flexibility index (Phi) is 5.98. The van der Waals surface area contributed by atoms with E-state index in [1.54, 1.807) is 0 Å². The van der Waals surface area contributed by atoms with Gasteiger partial charge < -0.3 is 10.6 Å². The summed E-state index contributed by atoms with van der Waals surface area (Å²) in [4.78, 5) is 4.16. The van der Waals surface area contributed by atoms with E-state index in [0.29, 0.717) is 5.11 Å². The predicted octanol–water partition coefficient (Wildman–Crippen LogP) is 1.05. The number of hydrogen-bond acceptors (Lipinski definition) is 4. The first-order valence-corrected chi connectivity index (χ1v) is 5.42. The van der Waals surface area contributed by atoms with Gasteiger partial charge in [0, 0.05) is 12.2 Å². The van der Waals surface area contributed by atoms with Crippen molar-refractivity contribution in [2.75, 3.05) is 18.4 Å². The number of hydrogen-bond donors (Lipinski definition) is 4. The third kappa shape index (κ3) is 4.73. The fourth-order valence-electron chi connectivity index (χ4n) is 1.28. The highest BCUT2D eigenvalue weighted by molar-refractivity contribution is 14.0. The quantitative estimate of drug-likeness (QED) is 0.342. The van der Waals surface area contributed by atoms with Gasteiger partial charge in [0.05, 0.1) is 6.54 Å². The molecule has 0 unspecified atom stereocenters. The number of guanidine groups is 1. The van der Waals surface area contributed by atoms with E-state index in [2.05, 4.69) is 26.5 Å². The van der Waals surface area contributed by atoms with Crippen LogP contribution < -0.4 is 21.5 Å². The Labute approximate surface area is 122 Å². The van der Waals surface area contributed by atoms with Crippen molar-refractivity contribution in [3.05, 3.63) is 30.3 Å². The van der Waals surface area contributed by atoms with E-state index >= 15 is 0 Å². The standard InChI is InChI=1S/C10H13N5S.HI/c16-10(13-8-4-2-1-3-5-8)15-14-9-11-6-7-12-9;/h1-5H,6-7H2,(H2,11,12,14)(H2,13,15,16);1H. The lowest BCUT2D eigenvalue weighted by molar-refractivity contribution is 0.835. The van der Waals surface area contributed by atoms with Gasteiger partial charge in [0.15, 0.2) is 5.11 Å². The zero-order valence-corrected chi connectivity index (χ0v) is 12.2. The summed E-state index contributed by atoms with van der Waals surface area (Å²) in [7, 11) is 0. The smallest absolute Gasteiger partial charge is 0.210 e. The van der Waals surface area contributed by atoms with E-state index in [0.717, 1.165) is 24.7 Å². The molecule has 1 aliphatic heterocycles. The van der Waals surface area contributed by atoms with Crippen molar-refractivity contribution in [3.63, 3.8) is 0 Å². The topological polar surface area (TPSA) is 60.5 Å². The largest absolute Gasteiger partial charge is 0.353 e. The van der Waals surface area contributed by atoms with Gasteiger partial charge in [-0.2, -0.15) is 0 Å². The summed E-state index contributed by atoms with van der Waals surface area (Å²) in [6, 6.07) is 9.73. The molecule has 7 heteroatoms. The van der Waals surface area contributed by atoms with E-state index in [-0.39, 0.29) is 24.0 Å². The maximum absolute atomic E-state index is 5.10. The lowest BCUT2D eigenvalue weighted by Crippen LogP contribution is -2.47. The molecule has 0 saturated carbocycles. The van der Waals surface area contributed by atoms with Crippen LogP contribution in [0.2, 0.25) is 0 Å². The van der Waals surface area contributed by atoms with E-state index in [1.807, 2.05) is 30.3 Å². The fourth-order valence-corrected chi connectivity index (χ4v) is 1.45. The maximum atomic E-state index is 5.10. The summed E-state index contributed by atoms with van der Waals surface area (Å²) in [5.41, 5.74) is 6.68. The second-order valence-corrected chi connectivity index (χ2v) is 3.64. The van der Waals surface area contributed by atoms with E-state index in [1.165, 1.54) is 0 Å². The Balaban J connectivity index is 0.00000144. The molecule has 1 aliphatic rings. The van der Waals surface area contributed by atoms with Crippen LogP contribution in [0.15, 0.2) is 35.3 Å². The third-order valence-electron chi connectivity index (χ3n) is 2.00. The Morgan fingerprint density at radius 3 is 2.71 bits per heavy atom. The average molecular weight is 363 g/mol. The molecule has 5 nitrogen and oxygen atoms in total. The molecule has 1 aromatic rings. The number of benzene rings is 1. The highest BCUT2D eigenvalue weighted by Crippen LogP contribution is 2.03.